The van der Waals surface area contributed by atoms with Gasteiger partial charge in [-0.3, -0.25) is 9.59 Å². The maximum atomic E-state index is 13.9. The van der Waals surface area contributed by atoms with E-state index < -0.39 is 28.5 Å². The van der Waals surface area contributed by atoms with Crippen molar-refractivity contribution >= 4 is 21.8 Å². The molecule has 0 bridgehead atoms. The average Bonchev–Trinajstić information content (AvgIpc) is 2.89. The second-order valence-electron chi connectivity index (χ2n) is 8.62. The molecule has 3 rings (SSSR count). The standard InChI is InChI=1S/C28H33N3O5S/c1-36-19-18-29-28(33)27(25-16-10-5-11-17-25)31(21-24-14-8-4-9-15-24)26(32)22-30(37(2,34)35)20-23-12-6-3-7-13-23/h3-17,27H,18-22H2,1-2H3,(H,29,33). The second kappa shape index (κ2) is 13.7. The molecule has 2 amide bonds. The highest BCUT2D eigenvalue weighted by atomic mass is 32.2. The first-order valence-electron chi connectivity index (χ1n) is 11.9. The van der Waals surface area contributed by atoms with Crippen LogP contribution in [0.5, 0.6) is 0 Å². The molecule has 3 aromatic carbocycles. The minimum Gasteiger partial charge on any atom is -0.383 e. The molecule has 0 spiro atoms. The third-order valence-corrected chi connectivity index (χ3v) is 6.98. The number of nitrogens with one attached hydrogen (secondary N) is 1. The molecule has 1 atom stereocenters. The van der Waals surface area contributed by atoms with Crippen molar-refractivity contribution < 1.29 is 22.7 Å². The smallest absolute Gasteiger partial charge is 0.247 e. The van der Waals surface area contributed by atoms with Gasteiger partial charge in [0, 0.05) is 26.7 Å². The minimum absolute atomic E-state index is 0.0423. The fraction of sp³-hybridized carbons (Fsp3) is 0.286. The predicted octanol–water partition coefficient (Wildman–Crippen LogP) is 2.98. The highest BCUT2D eigenvalue weighted by molar-refractivity contribution is 7.88. The van der Waals surface area contributed by atoms with E-state index in [-0.39, 0.29) is 25.5 Å². The quantitative estimate of drug-likeness (QED) is 0.348. The molecule has 0 aliphatic carbocycles. The van der Waals surface area contributed by atoms with Gasteiger partial charge in [-0.1, -0.05) is 91.0 Å². The van der Waals surface area contributed by atoms with Gasteiger partial charge in [0.25, 0.3) is 0 Å². The van der Waals surface area contributed by atoms with Crippen LogP contribution in [0.15, 0.2) is 91.0 Å². The number of ether oxygens (including phenoxy) is 1. The summed E-state index contributed by atoms with van der Waals surface area (Å²) in [5, 5.41) is 2.84. The first-order valence-corrected chi connectivity index (χ1v) is 13.8. The molecule has 3 aromatic rings. The second-order valence-corrected chi connectivity index (χ2v) is 10.6. The van der Waals surface area contributed by atoms with Crippen LogP contribution >= 0.6 is 0 Å². The van der Waals surface area contributed by atoms with E-state index in [1.54, 1.807) is 43.5 Å². The number of amides is 2. The zero-order valence-corrected chi connectivity index (χ0v) is 21.9. The monoisotopic (exact) mass is 523 g/mol. The third-order valence-electron chi connectivity index (χ3n) is 5.78. The SMILES string of the molecule is COCCNC(=O)C(c1ccccc1)N(Cc1ccccc1)C(=O)CN(Cc1ccccc1)S(C)(=O)=O. The summed E-state index contributed by atoms with van der Waals surface area (Å²) in [7, 11) is -2.18. The Balaban J connectivity index is 1.98. The Kier molecular flexibility index (Phi) is 10.4. The van der Waals surface area contributed by atoms with Crippen molar-refractivity contribution in [1.82, 2.24) is 14.5 Å². The van der Waals surface area contributed by atoms with E-state index >= 15 is 0 Å². The number of benzene rings is 3. The normalized spacial score (nSPS) is 12.2. The van der Waals surface area contributed by atoms with Gasteiger partial charge in [0.2, 0.25) is 21.8 Å². The van der Waals surface area contributed by atoms with E-state index in [9.17, 15) is 18.0 Å². The zero-order valence-electron chi connectivity index (χ0n) is 21.1. The number of carbonyl (C=O) groups is 2. The zero-order chi connectivity index (χ0) is 26.7. The molecule has 8 nitrogen and oxygen atoms in total. The molecule has 0 radical (unpaired) electrons. The molecular formula is C28H33N3O5S. The average molecular weight is 524 g/mol. The molecule has 0 aliphatic heterocycles. The highest BCUT2D eigenvalue weighted by Crippen LogP contribution is 2.25. The Bertz CT molecular complexity index is 1240. The lowest BCUT2D eigenvalue weighted by atomic mass is 10.0. The Hall–Kier alpha value is -3.53. The largest absolute Gasteiger partial charge is 0.383 e. The molecule has 37 heavy (non-hydrogen) atoms. The van der Waals surface area contributed by atoms with Gasteiger partial charge in [0.05, 0.1) is 19.4 Å². The van der Waals surface area contributed by atoms with E-state index in [1.165, 1.54) is 4.90 Å². The number of hydrogen-bond donors (Lipinski definition) is 1. The van der Waals surface area contributed by atoms with Crippen molar-refractivity contribution in [2.45, 2.75) is 19.1 Å². The molecule has 196 valence electrons. The summed E-state index contributed by atoms with van der Waals surface area (Å²) in [4.78, 5) is 28.7. The number of nitrogens with zero attached hydrogens (tertiary/aromatic N) is 2. The highest BCUT2D eigenvalue weighted by Gasteiger charge is 2.33. The van der Waals surface area contributed by atoms with E-state index in [4.69, 9.17) is 4.74 Å². The summed E-state index contributed by atoms with van der Waals surface area (Å²) < 4.78 is 31.5. The fourth-order valence-electron chi connectivity index (χ4n) is 3.90. The summed E-state index contributed by atoms with van der Waals surface area (Å²) in [6, 6.07) is 26.4. The summed E-state index contributed by atoms with van der Waals surface area (Å²) in [6.45, 7) is 0.351. The maximum absolute atomic E-state index is 13.9. The van der Waals surface area contributed by atoms with E-state index in [0.717, 1.165) is 21.7 Å². The van der Waals surface area contributed by atoms with Gasteiger partial charge in [-0.25, -0.2) is 8.42 Å². The Labute approximate surface area is 218 Å². The molecular weight excluding hydrogens is 490 g/mol. The van der Waals surface area contributed by atoms with Crippen LogP contribution in [0.3, 0.4) is 0 Å². The van der Waals surface area contributed by atoms with Crippen LogP contribution in [-0.2, 0) is 37.4 Å². The lowest BCUT2D eigenvalue weighted by Gasteiger charge is -2.33. The van der Waals surface area contributed by atoms with Gasteiger partial charge < -0.3 is 15.0 Å². The summed E-state index contributed by atoms with van der Waals surface area (Å²) in [6.07, 6.45) is 1.08. The van der Waals surface area contributed by atoms with Gasteiger partial charge in [-0.15, -0.1) is 0 Å². The third kappa shape index (κ3) is 8.52. The lowest BCUT2D eigenvalue weighted by molar-refractivity contribution is -0.141. The number of methoxy groups -OCH3 is 1. The van der Waals surface area contributed by atoms with Crippen LogP contribution in [0.25, 0.3) is 0 Å². The molecule has 0 aromatic heterocycles. The van der Waals surface area contributed by atoms with E-state index in [2.05, 4.69) is 5.32 Å². The Morgan fingerprint density at radius 3 is 1.86 bits per heavy atom. The van der Waals surface area contributed by atoms with Crippen molar-refractivity contribution in [2.75, 3.05) is 33.1 Å². The minimum atomic E-state index is -3.72. The number of sulfonamides is 1. The van der Waals surface area contributed by atoms with Crippen molar-refractivity contribution in [3.63, 3.8) is 0 Å². The van der Waals surface area contributed by atoms with Crippen molar-refractivity contribution in [3.8, 4) is 0 Å². The van der Waals surface area contributed by atoms with Gasteiger partial charge in [0.15, 0.2) is 0 Å². The van der Waals surface area contributed by atoms with Crippen LogP contribution in [0.4, 0.5) is 0 Å². The molecule has 0 aliphatic rings. The first-order chi connectivity index (χ1) is 17.8. The molecule has 0 saturated carbocycles. The predicted molar refractivity (Wildman–Crippen MR) is 143 cm³/mol. The summed E-state index contributed by atoms with van der Waals surface area (Å²) in [5.74, 6) is -0.859. The molecule has 0 heterocycles. The van der Waals surface area contributed by atoms with E-state index in [0.29, 0.717) is 12.2 Å². The molecule has 0 saturated heterocycles. The van der Waals surface area contributed by atoms with Crippen LogP contribution in [0.2, 0.25) is 0 Å². The number of rotatable bonds is 13. The Morgan fingerprint density at radius 2 is 1.35 bits per heavy atom. The van der Waals surface area contributed by atoms with Crippen molar-refractivity contribution in [3.05, 3.63) is 108 Å². The first kappa shape index (κ1) is 28.0. The van der Waals surface area contributed by atoms with Crippen LogP contribution in [-0.4, -0.2) is 62.5 Å². The van der Waals surface area contributed by atoms with Crippen LogP contribution in [0, 0.1) is 0 Å². The van der Waals surface area contributed by atoms with Crippen molar-refractivity contribution in [1.29, 1.82) is 0 Å². The van der Waals surface area contributed by atoms with E-state index in [1.807, 2.05) is 54.6 Å². The van der Waals surface area contributed by atoms with Crippen LogP contribution in [0.1, 0.15) is 22.7 Å². The molecule has 1 unspecified atom stereocenters. The van der Waals surface area contributed by atoms with Gasteiger partial charge in [-0.2, -0.15) is 4.31 Å². The van der Waals surface area contributed by atoms with Gasteiger partial charge >= 0.3 is 0 Å². The van der Waals surface area contributed by atoms with Gasteiger partial charge in [-0.05, 0) is 16.7 Å². The van der Waals surface area contributed by atoms with Gasteiger partial charge in [0.1, 0.15) is 6.04 Å². The topological polar surface area (TPSA) is 96.0 Å². The lowest BCUT2D eigenvalue weighted by Crippen LogP contribution is -2.48. The Morgan fingerprint density at radius 1 is 0.838 bits per heavy atom. The fourth-order valence-corrected chi connectivity index (χ4v) is 4.63. The number of carbonyl (C=O) groups excluding carboxylic acids is 2. The van der Waals surface area contributed by atoms with Crippen LogP contribution < -0.4 is 5.32 Å². The molecule has 9 heteroatoms. The number of hydrogen-bond acceptors (Lipinski definition) is 5. The van der Waals surface area contributed by atoms with Crippen molar-refractivity contribution in [2.24, 2.45) is 0 Å². The summed E-state index contributed by atoms with van der Waals surface area (Å²) in [5.41, 5.74) is 2.19. The maximum Gasteiger partial charge on any atom is 0.247 e. The molecule has 0 fully saturated rings. The summed E-state index contributed by atoms with van der Waals surface area (Å²) >= 11 is 0. The molecule has 1 N–H and O–H groups in total.